The van der Waals surface area contributed by atoms with E-state index in [1.807, 2.05) is 0 Å². The minimum atomic E-state index is -4.40. The molecule has 0 fully saturated rings. The number of unbranched alkanes of at least 4 members (excludes halogenated alkanes) is 14. The van der Waals surface area contributed by atoms with Crippen LogP contribution in [-0.4, -0.2) is 49.3 Å². The van der Waals surface area contributed by atoms with Crippen LogP contribution in [0.25, 0.3) is 0 Å². The monoisotopic (exact) mass is 992 g/mol. The molecule has 0 aromatic rings. The van der Waals surface area contributed by atoms with Crippen molar-refractivity contribution < 1.29 is 37.6 Å². The number of rotatable bonds is 49. The van der Waals surface area contributed by atoms with Crippen molar-refractivity contribution in [1.82, 2.24) is 0 Å². The summed E-state index contributed by atoms with van der Waals surface area (Å²) in [7, 11) is -4.40. The molecule has 0 heterocycles. The minimum absolute atomic E-state index is 0.0423. The highest BCUT2D eigenvalue weighted by Crippen LogP contribution is 2.43. The van der Waals surface area contributed by atoms with Gasteiger partial charge in [-0.25, -0.2) is 4.57 Å². The van der Waals surface area contributed by atoms with Crippen LogP contribution in [0.3, 0.4) is 0 Å². The lowest BCUT2D eigenvalue weighted by Crippen LogP contribution is -2.29. The zero-order valence-corrected chi connectivity index (χ0v) is 44.8. The van der Waals surface area contributed by atoms with Crippen LogP contribution in [0.2, 0.25) is 0 Å². The van der Waals surface area contributed by atoms with Gasteiger partial charge >= 0.3 is 19.8 Å². The molecule has 2 unspecified atom stereocenters. The Hall–Kier alpha value is -3.85. The van der Waals surface area contributed by atoms with Crippen molar-refractivity contribution in [2.45, 2.75) is 206 Å². The Kier molecular flexibility index (Phi) is 51.5. The standard InChI is InChI=1S/C60H98NO8P/c1-3-5-7-9-11-13-15-17-19-20-21-22-23-24-25-26-27-28-29-30-31-32-33-34-35-36-37-38-39-41-43-45-47-49-51-53-60(63)69-58(57-68-70(64,65)67-55-54-61)56-66-59(62)52-50-48-46-44-42-40-18-16-14-12-10-8-6-4-2/h5,7,10-13,16-19,21-22,24-25,27-28,30-31,33-34,36-37,58H,3-4,6,8-9,14-15,20,23,26,29,32,35,38-57,61H2,1-2H3,(H,64,65)/b7-5-,12-10-,13-11-,18-16-,19-17-,22-21-,25-24-,28-27-,31-30-,34-33-,37-36-. The van der Waals surface area contributed by atoms with E-state index in [4.69, 9.17) is 24.3 Å². The summed E-state index contributed by atoms with van der Waals surface area (Å²) < 4.78 is 32.9. The molecule has 0 amide bonds. The lowest BCUT2D eigenvalue weighted by molar-refractivity contribution is -0.161. The van der Waals surface area contributed by atoms with Crippen molar-refractivity contribution in [3.05, 3.63) is 134 Å². The van der Waals surface area contributed by atoms with Crippen LogP contribution in [0.1, 0.15) is 200 Å². The molecule has 0 aromatic carbocycles. The molecule has 396 valence electrons. The molecule has 70 heavy (non-hydrogen) atoms. The Bertz CT molecular complexity index is 1600. The number of nitrogens with two attached hydrogens (primary N) is 1. The van der Waals surface area contributed by atoms with Crippen LogP contribution in [-0.2, 0) is 32.7 Å². The summed E-state index contributed by atoms with van der Waals surface area (Å²) in [5.74, 6) is -0.868. The van der Waals surface area contributed by atoms with Gasteiger partial charge in [-0.15, -0.1) is 0 Å². The molecule has 0 saturated heterocycles. The highest BCUT2D eigenvalue weighted by Gasteiger charge is 2.26. The third kappa shape index (κ3) is 53.5. The summed E-state index contributed by atoms with van der Waals surface area (Å²) in [5, 5.41) is 0. The fourth-order valence-electron chi connectivity index (χ4n) is 6.76. The van der Waals surface area contributed by atoms with Gasteiger partial charge in [-0.05, 0) is 109 Å². The van der Waals surface area contributed by atoms with Gasteiger partial charge in [-0.1, -0.05) is 212 Å². The number of hydrogen-bond acceptors (Lipinski definition) is 8. The van der Waals surface area contributed by atoms with E-state index in [0.29, 0.717) is 12.8 Å². The van der Waals surface area contributed by atoms with Crippen molar-refractivity contribution in [1.29, 1.82) is 0 Å². The SMILES string of the molecule is CC/C=C\C/C=C\C/C=C\C/C=C\C/C=C\C/C=C\C/C=C\C/C=C\C/C=C\CCCCCCCCCC(=O)OC(COC(=O)CCCCCCC/C=C\C/C=C\CCCC)COP(=O)(O)OCCN. The first-order valence-electron chi connectivity index (χ1n) is 27.2. The first-order chi connectivity index (χ1) is 34.3. The molecule has 3 N–H and O–H groups in total. The molecule has 0 aliphatic heterocycles. The van der Waals surface area contributed by atoms with E-state index in [2.05, 4.69) is 148 Å². The van der Waals surface area contributed by atoms with Gasteiger partial charge in [0.05, 0.1) is 13.2 Å². The Morgan fingerprint density at radius 2 is 0.786 bits per heavy atom. The number of carbonyl (C=O) groups excluding carboxylic acids is 2. The zero-order chi connectivity index (χ0) is 51.0. The van der Waals surface area contributed by atoms with E-state index in [-0.39, 0.29) is 32.6 Å². The van der Waals surface area contributed by atoms with Gasteiger partial charge in [0.15, 0.2) is 6.10 Å². The number of carbonyl (C=O) groups is 2. The highest BCUT2D eigenvalue weighted by atomic mass is 31.2. The molecule has 9 nitrogen and oxygen atoms in total. The summed E-state index contributed by atoms with van der Waals surface area (Å²) >= 11 is 0. The molecule has 0 bridgehead atoms. The average molecular weight is 992 g/mol. The lowest BCUT2D eigenvalue weighted by atomic mass is 10.1. The van der Waals surface area contributed by atoms with Gasteiger partial charge < -0.3 is 20.1 Å². The molecule has 0 radical (unpaired) electrons. The maximum atomic E-state index is 12.7. The molecule has 0 rings (SSSR count). The Labute approximate surface area is 427 Å². The van der Waals surface area contributed by atoms with Gasteiger partial charge in [0, 0.05) is 19.4 Å². The normalized spacial score (nSPS) is 14.2. The van der Waals surface area contributed by atoms with Crippen LogP contribution >= 0.6 is 7.82 Å². The Morgan fingerprint density at radius 1 is 0.443 bits per heavy atom. The molecule has 2 atom stereocenters. The first kappa shape index (κ1) is 66.2. The Morgan fingerprint density at radius 3 is 1.17 bits per heavy atom. The van der Waals surface area contributed by atoms with E-state index in [0.717, 1.165) is 135 Å². The maximum absolute atomic E-state index is 12.7. The van der Waals surface area contributed by atoms with Gasteiger partial charge in [-0.2, -0.15) is 0 Å². The molecule has 0 aromatic heterocycles. The van der Waals surface area contributed by atoms with Crippen molar-refractivity contribution in [2.24, 2.45) is 5.73 Å². The van der Waals surface area contributed by atoms with E-state index < -0.39 is 32.5 Å². The van der Waals surface area contributed by atoms with Gasteiger partial charge in [0.25, 0.3) is 0 Å². The lowest BCUT2D eigenvalue weighted by Gasteiger charge is -2.19. The van der Waals surface area contributed by atoms with Crippen molar-refractivity contribution in [3.63, 3.8) is 0 Å². The van der Waals surface area contributed by atoms with Crippen molar-refractivity contribution >= 4 is 19.8 Å². The smallest absolute Gasteiger partial charge is 0.462 e. The number of hydrogen-bond donors (Lipinski definition) is 2. The van der Waals surface area contributed by atoms with Crippen molar-refractivity contribution in [2.75, 3.05) is 26.4 Å². The van der Waals surface area contributed by atoms with Crippen molar-refractivity contribution in [3.8, 4) is 0 Å². The molecule has 0 spiro atoms. The van der Waals surface area contributed by atoms with E-state index in [1.165, 1.54) is 25.7 Å². The molecular weight excluding hydrogens is 894 g/mol. The fraction of sp³-hybridized carbons (Fsp3) is 0.600. The first-order valence-corrected chi connectivity index (χ1v) is 28.7. The van der Waals surface area contributed by atoms with Gasteiger partial charge in [-0.3, -0.25) is 18.6 Å². The second-order valence-corrected chi connectivity index (χ2v) is 18.8. The second kappa shape index (κ2) is 54.5. The molecule has 0 saturated carbocycles. The third-order valence-corrected chi connectivity index (χ3v) is 11.8. The predicted molar refractivity (Wildman–Crippen MR) is 297 cm³/mol. The quantitative estimate of drug-likeness (QED) is 0.0264. The number of phosphoric ester groups is 1. The third-order valence-electron chi connectivity index (χ3n) is 10.8. The summed E-state index contributed by atoms with van der Waals surface area (Å²) in [4.78, 5) is 35.0. The van der Waals surface area contributed by atoms with Gasteiger partial charge in [0.2, 0.25) is 0 Å². The van der Waals surface area contributed by atoms with E-state index in [9.17, 15) is 19.0 Å². The highest BCUT2D eigenvalue weighted by molar-refractivity contribution is 7.47. The summed E-state index contributed by atoms with van der Waals surface area (Å²) in [6.45, 7) is 3.53. The van der Waals surface area contributed by atoms with E-state index in [1.54, 1.807) is 0 Å². The largest absolute Gasteiger partial charge is 0.472 e. The summed E-state index contributed by atoms with van der Waals surface area (Å²) in [6, 6.07) is 0. The second-order valence-electron chi connectivity index (χ2n) is 17.4. The topological polar surface area (TPSA) is 134 Å². The molecule has 0 aliphatic rings. The fourth-order valence-corrected chi connectivity index (χ4v) is 7.53. The minimum Gasteiger partial charge on any atom is -0.462 e. The molecule has 0 aliphatic carbocycles. The predicted octanol–water partition coefficient (Wildman–Crippen LogP) is 17.0. The number of allylic oxidation sites excluding steroid dienone is 22. The molecular formula is C60H98NO8P. The number of ether oxygens (including phenoxy) is 2. The van der Waals surface area contributed by atoms with Crippen LogP contribution in [0.15, 0.2) is 134 Å². The number of phosphoric acid groups is 1. The molecule has 10 heteroatoms. The maximum Gasteiger partial charge on any atom is 0.472 e. The average Bonchev–Trinajstić information content (AvgIpc) is 3.35. The zero-order valence-electron chi connectivity index (χ0n) is 43.9. The van der Waals surface area contributed by atoms with Gasteiger partial charge in [0.1, 0.15) is 6.61 Å². The van der Waals surface area contributed by atoms with Crippen LogP contribution in [0.4, 0.5) is 0 Å². The van der Waals surface area contributed by atoms with Crippen LogP contribution in [0.5, 0.6) is 0 Å². The summed E-state index contributed by atoms with van der Waals surface area (Å²) in [5.41, 5.74) is 5.36. The van der Waals surface area contributed by atoms with Crippen LogP contribution < -0.4 is 5.73 Å². The number of esters is 2. The summed E-state index contributed by atoms with van der Waals surface area (Å²) in [6.07, 6.45) is 76.4. The van der Waals surface area contributed by atoms with Crippen LogP contribution in [0, 0.1) is 0 Å². The van der Waals surface area contributed by atoms with E-state index >= 15 is 0 Å². The Balaban J connectivity index is 4.06.